The fourth-order valence-corrected chi connectivity index (χ4v) is 2.28. The van der Waals surface area contributed by atoms with Gasteiger partial charge in [0.25, 0.3) is 5.91 Å². The molecule has 116 valence electrons. The zero-order valence-electron chi connectivity index (χ0n) is 11.8. The molecule has 0 fully saturated rings. The van der Waals surface area contributed by atoms with Crippen molar-refractivity contribution in [1.29, 1.82) is 0 Å². The van der Waals surface area contributed by atoms with Crippen molar-refractivity contribution in [3.05, 3.63) is 70.8 Å². The fraction of sp³-hybridized carbons (Fsp3) is 0.0667. The third-order valence-corrected chi connectivity index (χ3v) is 3.57. The lowest BCUT2D eigenvalue weighted by Crippen LogP contribution is -2.24. The summed E-state index contributed by atoms with van der Waals surface area (Å²) in [6.45, 7) is 0.226. The van der Waals surface area contributed by atoms with Crippen LogP contribution in [0.4, 0.5) is 4.39 Å². The number of nitrogens with one attached hydrogen (secondary N) is 1. The number of tetrazole rings is 1. The fourth-order valence-electron chi connectivity index (χ4n) is 2.07. The molecule has 2 aromatic carbocycles. The molecule has 0 spiro atoms. The minimum atomic E-state index is -0.523. The number of rotatable bonds is 4. The summed E-state index contributed by atoms with van der Waals surface area (Å²) in [7, 11) is 0. The molecule has 1 heterocycles. The summed E-state index contributed by atoms with van der Waals surface area (Å²) < 4.78 is 14.8. The highest BCUT2D eigenvalue weighted by atomic mass is 35.5. The third-order valence-electron chi connectivity index (χ3n) is 3.20. The van der Waals surface area contributed by atoms with E-state index in [1.165, 1.54) is 23.1 Å². The van der Waals surface area contributed by atoms with E-state index in [9.17, 15) is 9.18 Å². The van der Waals surface area contributed by atoms with Gasteiger partial charge in [0.2, 0.25) is 0 Å². The third kappa shape index (κ3) is 3.35. The Labute approximate surface area is 135 Å². The van der Waals surface area contributed by atoms with Crippen LogP contribution < -0.4 is 5.32 Å². The van der Waals surface area contributed by atoms with E-state index in [1.54, 1.807) is 18.2 Å². The van der Waals surface area contributed by atoms with Crippen LogP contribution in [0.15, 0.2) is 48.8 Å². The van der Waals surface area contributed by atoms with Crippen molar-refractivity contribution < 1.29 is 9.18 Å². The maximum Gasteiger partial charge on any atom is 0.253 e. The Morgan fingerprint density at radius 3 is 2.83 bits per heavy atom. The van der Waals surface area contributed by atoms with Crippen LogP contribution in [0.3, 0.4) is 0 Å². The first-order valence-corrected chi connectivity index (χ1v) is 7.07. The molecular formula is C15H11ClFN5O. The van der Waals surface area contributed by atoms with Crippen molar-refractivity contribution >= 4 is 17.5 Å². The summed E-state index contributed by atoms with van der Waals surface area (Å²) in [6.07, 6.45) is 1.33. The zero-order chi connectivity index (χ0) is 16.2. The molecule has 6 nitrogen and oxygen atoms in total. The Morgan fingerprint density at radius 1 is 1.26 bits per heavy atom. The highest BCUT2D eigenvalue weighted by molar-refractivity contribution is 6.31. The van der Waals surface area contributed by atoms with Crippen molar-refractivity contribution in [3.8, 4) is 5.69 Å². The van der Waals surface area contributed by atoms with Gasteiger partial charge < -0.3 is 5.32 Å². The first kappa shape index (κ1) is 15.1. The highest BCUT2D eigenvalue weighted by Crippen LogP contribution is 2.17. The molecule has 3 aromatic rings. The molecule has 0 saturated heterocycles. The molecule has 1 N–H and O–H groups in total. The Bertz CT molecular complexity index is 838. The van der Waals surface area contributed by atoms with Gasteiger partial charge in [-0.05, 0) is 40.3 Å². The Morgan fingerprint density at radius 2 is 2.09 bits per heavy atom. The van der Waals surface area contributed by atoms with Crippen LogP contribution in [0.2, 0.25) is 5.02 Å². The van der Waals surface area contributed by atoms with Gasteiger partial charge in [0.05, 0.1) is 11.3 Å². The largest absolute Gasteiger partial charge is 0.348 e. The van der Waals surface area contributed by atoms with Crippen molar-refractivity contribution in [2.75, 3.05) is 0 Å². The molecule has 8 heteroatoms. The van der Waals surface area contributed by atoms with E-state index in [1.807, 2.05) is 6.07 Å². The van der Waals surface area contributed by atoms with Gasteiger partial charge in [-0.1, -0.05) is 29.8 Å². The van der Waals surface area contributed by atoms with Gasteiger partial charge in [-0.2, -0.15) is 4.68 Å². The smallest absolute Gasteiger partial charge is 0.253 e. The number of carbonyl (C=O) groups is 1. The number of benzene rings is 2. The van der Waals surface area contributed by atoms with Crippen molar-refractivity contribution in [2.24, 2.45) is 0 Å². The molecule has 0 bridgehead atoms. The number of aromatic nitrogens is 4. The zero-order valence-corrected chi connectivity index (χ0v) is 12.5. The Kier molecular flexibility index (Phi) is 4.29. The Hall–Kier alpha value is -2.80. The molecule has 0 aliphatic carbocycles. The predicted molar refractivity (Wildman–Crippen MR) is 81.7 cm³/mol. The summed E-state index contributed by atoms with van der Waals surface area (Å²) in [5, 5.41) is 14.0. The van der Waals surface area contributed by atoms with Gasteiger partial charge in [0.15, 0.2) is 0 Å². The molecular weight excluding hydrogens is 321 g/mol. The standard InChI is InChI=1S/C15H11ClFN5O/c16-13-4-2-1-3-10(13)8-18-15(23)12-7-11(17)5-6-14(12)22-9-19-20-21-22/h1-7,9H,8H2,(H,18,23). The summed E-state index contributed by atoms with van der Waals surface area (Å²) in [6, 6.07) is 11.0. The van der Waals surface area contributed by atoms with Crippen LogP contribution in [-0.4, -0.2) is 26.1 Å². The van der Waals surface area contributed by atoms with Crippen LogP contribution in [0.5, 0.6) is 0 Å². The number of amides is 1. The van der Waals surface area contributed by atoms with Crippen LogP contribution in [0.1, 0.15) is 15.9 Å². The van der Waals surface area contributed by atoms with Gasteiger partial charge >= 0.3 is 0 Å². The van der Waals surface area contributed by atoms with Gasteiger partial charge in [-0.3, -0.25) is 4.79 Å². The lowest BCUT2D eigenvalue weighted by Gasteiger charge is -2.10. The minimum absolute atomic E-state index is 0.129. The van der Waals surface area contributed by atoms with Gasteiger partial charge in [0.1, 0.15) is 12.1 Å². The summed E-state index contributed by atoms with van der Waals surface area (Å²) in [5.74, 6) is -0.973. The average Bonchev–Trinajstić information content (AvgIpc) is 3.08. The van der Waals surface area contributed by atoms with Crippen molar-refractivity contribution in [1.82, 2.24) is 25.5 Å². The monoisotopic (exact) mass is 331 g/mol. The highest BCUT2D eigenvalue weighted by Gasteiger charge is 2.15. The predicted octanol–water partition coefficient (Wildman–Crippen LogP) is 2.38. The topological polar surface area (TPSA) is 72.7 Å². The molecule has 0 saturated carbocycles. The van der Waals surface area contributed by atoms with Gasteiger partial charge in [-0.15, -0.1) is 5.10 Å². The lowest BCUT2D eigenvalue weighted by molar-refractivity contribution is 0.0950. The maximum atomic E-state index is 13.5. The number of carbonyl (C=O) groups excluding carboxylic acids is 1. The second-order valence-electron chi connectivity index (χ2n) is 4.69. The number of hydrogen-bond donors (Lipinski definition) is 1. The molecule has 1 amide bonds. The molecule has 23 heavy (non-hydrogen) atoms. The van der Waals surface area contributed by atoms with Gasteiger partial charge in [-0.25, -0.2) is 4.39 Å². The van der Waals surface area contributed by atoms with E-state index in [4.69, 9.17) is 11.6 Å². The SMILES string of the molecule is O=C(NCc1ccccc1Cl)c1cc(F)ccc1-n1cnnn1. The van der Waals surface area contributed by atoms with E-state index in [-0.39, 0.29) is 12.1 Å². The molecule has 1 aromatic heterocycles. The molecule has 0 aliphatic heterocycles. The van der Waals surface area contributed by atoms with E-state index >= 15 is 0 Å². The van der Waals surface area contributed by atoms with Crippen LogP contribution in [-0.2, 0) is 6.54 Å². The van der Waals surface area contributed by atoms with Crippen molar-refractivity contribution in [3.63, 3.8) is 0 Å². The van der Waals surface area contributed by atoms with Crippen LogP contribution in [0.25, 0.3) is 5.69 Å². The number of hydrogen-bond acceptors (Lipinski definition) is 4. The van der Waals surface area contributed by atoms with Crippen LogP contribution >= 0.6 is 11.6 Å². The Balaban J connectivity index is 1.85. The number of nitrogens with zero attached hydrogens (tertiary/aromatic N) is 4. The van der Waals surface area contributed by atoms with E-state index in [2.05, 4.69) is 20.8 Å². The lowest BCUT2D eigenvalue weighted by atomic mass is 10.1. The summed E-state index contributed by atoms with van der Waals surface area (Å²) in [5.41, 5.74) is 1.28. The van der Waals surface area contributed by atoms with Crippen LogP contribution in [0, 0.1) is 5.82 Å². The first-order chi connectivity index (χ1) is 11.1. The van der Waals surface area contributed by atoms with Crippen molar-refractivity contribution in [2.45, 2.75) is 6.54 Å². The van der Waals surface area contributed by atoms with Gasteiger partial charge in [0, 0.05) is 11.6 Å². The average molecular weight is 332 g/mol. The molecule has 0 radical (unpaired) electrons. The quantitative estimate of drug-likeness (QED) is 0.796. The maximum absolute atomic E-state index is 13.5. The molecule has 0 atom stereocenters. The van der Waals surface area contributed by atoms with E-state index in [0.717, 1.165) is 11.6 Å². The summed E-state index contributed by atoms with van der Waals surface area (Å²) in [4.78, 5) is 12.4. The second kappa shape index (κ2) is 6.53. The molecule has 0 aliphatic rings. The molecule has 3 rings (SSSR count). The second-order valence-corrected chi connectivity index (χ2v) is 5.10. The molecule has 0 unspecified atom stereocenters. The van der Waals surface area contributed by atoms with E-state index < -0.39 is 11.7 Å². The first-order valence-electron chi connectivity index (χ1n) is 6.69. The number of halogens is 2. The summed E-state index contributed by atoms with van der Waals surface area (Å²) >= 11 is 6.05. The minimum Gasteiger partial charge on any atom is -0.348 e. The normalized spacial score (nSPS) is 10.5. The van der Waals surface area contributed by atoms with E-state index in [0.29, 0.717) is 10.7 Å².